The molecule has 0 aliphatic rings. The van der Waals surface area contributed by atoms with Gasteiger partial charge in [-0.05, 0) is 110 Å². The minimum Gasteiger partial charge on any atom is -0.454 e. The van der Waals surface area contributed by atoms with Gasteiger partial charge in [0.2, 0.25) is 0 Å². The molecule has 9 aromatic carbocycles. The molecular formula is C50H33NO. The summed E-state index contributed by atoms with van der Waals surface area (Å²) >= 11 is 0. The Hall–Kier alpha value is -6.90. The number of hydrogen-bond donors (Lipinski definition) is 0. The minimum atomic E-state index is 0.861. The number of para-hydroxylation sites is 1. The number of benzene rings is 9. The lowest BCUT2D eigenvalue weighted by atomic mass is 10.00. The first-order valence-corrected chi connectivity index (χ1v) is 17.7. The maximum absolute atomic E-state index is 6.72. The summed E-state index contributed by atoms with van der Waals surface area (Å²) in [5.41, 5.74) is 12.0. The Morgan fingerprint density at radius 3 is 1.38 bits per heavy atom. The Bertz CT molecular complexity index is 2760. The highest BCUT2D eigenvalue weighted by Crippen LogP contribution is 2.43. The maximum Gasteiger partial charge on any atom is 0.159 e. The smallest absolute Gasteiger partial charge is 0.159 e. The molecule has 1 aromatic heterocycles. The van der Waals surface area contributed by atoms with Gasteiger partial charge in [-0.25, -0.2) is 0 Å². The molecule has 0 saturated heterocycles. The highest BCUT2D eigenvalue weighted by molar-refractivity contribution is 6.11. The van der Waals surface area contributed by atoms with Gasteiger partial charge in [0.15, 0.2) is 5.58 Å². The van der Waals surface area contributed by atoms with Gasteiger partial charge in [0.25, 0.3) is 0 Å². The molecule has 2 heteroatoms. The number of rotatable bonds is 6. The predicted octanol–water partition coefficient (Wildman–Crippen LogP) is 14.4. The number of fused-ring (bicyclic) bond motifs is 5. The van der Waals surface area contributed by atoms with Gasteiger partial charge in [0, 0.05) is 22.1 Å². The Kier molecular flexibility index (Phi) is 7.18. The van der Waals surface area contributed by atoms with E-state index in [0.29, 0.717) is 0 Å². The summed E-state index contributed by atoms with van der Waals surface area (Å²) in [6.45, 7) is 0. The zero-order valence-corrected chi connectivity index (χ0v) is 28.4. The van der Waals surface area contributed by atoms with E-state index in [1.54, 1.807) is 0 Å². The van der Waals surface area contributed by atoms with Crippen molar-refractivity contribution in [2.75, 3.05) is 4.90 Å². The van der Waals surface area contributed by atoms with E-state index in [1.807, 2.05) is 0 Å². The van der Waals surface area contributed by atoms with Crippen LogP contribution in [0, 0.1) is 0 Å². The lowest BCUT2D eigenvalue weighted by Gasteiger charge is -2.26. The zero-order valence-electron chi connectivity index (χ0n) is 28.4. The Balaban J connectivity index is 1.10. The van der Waals surface area contributed by atoms with Crippen LogP contribution in [0.5, 0.6) is 0 Å². The van der Waals surface area contributed by atoms with Gasteiger partial charge in [-0.3, -0.25) is 0 Å². The molecule has 244 valence electrons. The molecular weight excluding hydrogens is 631 g/mol. The molecule has 0 fully saturated rings. The van der Waals surface area contributed by atoms with E-state index < -0.39 is 0 Å². The summed E-state index contributed by atoms with van der Waals surface area (Å²) < 4.78 is 6.72. The Morgan fingerprint density at radius 1 is 0.308 bits per heavy atom. The van der Waals surface area contributed by atoms with E-state index in [-0.39, 0.29) is 0 Å². The van der Waals surface area contributed by atoms with Crippen LogP contribution >= 0.6 is 0 Å². The van der Waals surface area contributed by atoms with Crippen LogP contribution in [0.4, 0.5) is 17.1 Å². The fourth-order valence-corrected chi connectivity index (χ4v) is 7.54. The van der Waals surface area contributed by atoms with Crippen molar-refractivity contribution in [3.8, 4) is 33.4 Å². The van der Waals surface area contributed by atoms with Crippen molar-refractivity contribution in [1.82, 2.24) is 0 Å². The number of nitrogens with zero attached hydrogens (tertiary/aromatic N) is 1. The van der Waals surface area contributed by atoms with Crippen molar-refractivity contribution in [2.24, 2.45) is 0 Å². The molecule has 0 bridgehead atoms. The van der Waals surface area contributed by atoms with E-state index in [0.717, 1.165) is 39.0 Å². The highest BCUT2D eigenvalue weighted by Gasteiger charge is 2.20. The van der Waals surface area contributed by atoms with Crippen LogP contribution in [0.2, 0.25) is 0 Å². The number of hydrogen-bond acceptors (Lipinski definition) is 2. The van der Waals surface area contributed by atoms with Crippen molar-refractivity contribution >= 4 is 60.5 Å². The molecule has 0 amide bonds. The molecule has 1 heterocycles. The van der Waals surface area contributed by atoms with Crippen LogP contribution < -0.4 is 4.90 Å². The maximum atomic E-state index is 6.72. The van der Waals surface area contributed by atoms with Crippen LogP contribution in [0.3, 0.4) is 0 Å². The summed E-state index contributed by atoms with van der Waals surface area (Å²) in [4.78, 5) is 2.32. The van der Waals surface area contributed by atoms with Crippen molar-refractivity contribution in [3.05, 3.63) is 200 Å². The molecule has 0 aliphatic carbocycles. The summed E-state index contributed by atoms with van der Waals surface area (Å²) in [5.74, 6) is 0. The molecule has 0 saturated carbocycles. The molecule has 52 heavy (non-hydrogen) atoms. The summed E-state index contributed by atoms with van der Waals surface area (Å²) in [6, 6.07) is 71.7. The van der Waals surface area contributed by atoms with Gasteiger partial charge in [-0.2, -0.15) is 0 Å². The largest absolute Gasteiger partial charge is 0.454 e. The number of anilines is 3. The normalized spacial score (nSPS) is 11.5. The van der Waals surface area contributed by atoms with E-state index >= 15 is 0 Å². The fourth-order valence-electron chi connectivity index (χ4n) is 7.54. The molecule has 0 spiro atoms. The van der Waals surface area contributed by atoms with Crippen molar-refractivity contribution < 1.29 is 4.42 Å². The molecule has 10 rings (SSSR count). The van der Waals surface area contributed by atoms with E-state index in [9.17, 15) is 0 Å². The first-order valence-electron chi connectivity index (χ1n) is 17.7. The predicted molar refractivity (Wildman–Crippen MR) is 220 cm³/mol. The van der Waals surface area contributed by atoms with Gasteiger partial charge >= 0.3 is 0 Å². The van der Waals surface area contributed by atoms with Crippen LogP contribution in [0.15, 0.2) is 205 Å². The van der Waals surface area contributed by atoms with Crippen molar-refractivity contribution in [1.29, 1.82) is 0 Å². The molecule has 0 N–H and O–H groups in total. The molecule has 2 nitrogen and oxygen atoms in total. The minimum absolute atomic E-state index is 0.861. The molecule has 10 aromatic rings. The van der Waals surface area contributed by atoms with Crippen LogP contribution in [0.25, 0.3) is 76.9 Å². The monoisotopic (exact) mass is 663 g/mol. The second-order valence-corrected chi connectivity index (χ2v) is 13.4. The number of furan rings is 1. The highest BCUT2D eigenvalue weighted by atomic mass is 16.3. The summed E-state index contributed by atoms with van der Waals surface area (Å²) in [6.07, 6.45) is 0. The third kappa shape index (κ3) is 5.30. The van der Waals surface area contributed by atoms with Crippen LogP contribution in [-0.4, -0.2) is 0 Å². The third-order valence-corrected chi connectivity index (χ3v) is 10.2. The standard InChI is InChI=1S/C50H33NO/c1-2-9-34(10-3-1)43-25-30-49-47(33-43)46-15-8-16-48(50(46)52-49)51(44-26-21-37(22-27-44)41-19-17-35-11-4-6-13-39(35)31-41)45-28-23-38(24-29-45)42-20-18-36-12-5-7-14-40(36)32-42/h1-33H. The van der Waals surface area contributed by atoms with Gasteiger partial charge in [-0.15, -0.1) is 0 Å². The topological polar surface area (TPSA) is 16.4 Å². The van der Waals surface area contributed by atoms with E-state index in [1.165, 1.54) is 54.9 Å². The zero-order chi connectivity index (χ0) is 34.4. The second-order valence-electron chi connectivity index (χ2n) is 13.4. The first-order chi connectivity index (χ1) is 25.7. The fraction of sp³-hybridized carbons (Fsp3) is 0. The van der Waals surface area contributed by atoms with Crippen LogP contribution in [-0.2, 0) is 0 Å². The lowest BCUT2D eigenvalue weighted by Crippen LogP contribution is -2.10. The van der Waals surface area contributed by atoms with Crippen molar-refractivity contribution in [2.45, 2.75) is 0 Å². The molecule has 0 radical (unpaired) electrons. The average Bonchev–Trinajstić information content (AvgIpc) is 3.60. The first kappa shape index (κ1) is 30.0. The van der Waals surface area contributed by atoms with Gasteiger partial charge in [-0.1, -0.05) is 146 Å². The quantitative estimate of drug-likeness (QED) is 0.176. The third-order valence-electron chi connectivity index (χ3n) is 10.2. The molecule has 0 atom stereocenters. The molecule has 0 unspecified atom stereocenters. The van der Waals surface area contributed by atoms with Gasteiger partial charge < -0.3 is 9.32 Å². The Morgan fingerprint density at radius 2 is 0.788 bits per heavy atom. The second kappa shape index (κ2) is 12.5. The van der Waals surface area contributed by atoms with E-state index in [2.05, 4.69) is 205 Å². The summed E-state index contributed by atoms with van der Waals surface area (Å²) in [5, 5.41) is 7.17. The SMILES string of the molecule is c1ccc(-c2ccc3oc4c(N(c5ccc(-c6ccc7ccccc7c6)cc5)c5ccc(-c6ccc7ccccc7c6)cc5)cccc4c3c2)cc1. The molecule has 0 aliphatic heterocycles. The van der Waals surface area contributed by atoms with Gasteiger partial charge in [0.05, 0.1) is 5.69 Å². The van der Waals surface area contributed by atoms with E-state index in [4.69, 9.17) is 4.42 Å². The average molecular weight is 664 g/mol. The van der Waals surface area contributed by atoms with Crippen LogP contribution in [0.1, 0.15) is 0 Å². The van der Waals surface area contributed by atoms with Gasteiger partial charge in [0.1, 0.15) is 5.58 Å². The lowest BCUT2D eigenvalue weighted by molar-refractivity contribution is 0.669. The Labute approximate surface area is 302 Å². The summed E-state index contributed by atoms with van der Waals surface area (Å²) in [7, 11) is 0. The van der Waals surface area contributed by atoms with Crippen molar-refractivity contribution in [3.63, 3.8) is 0 Å².